The zero-order valence-corrected chi connectivity index (χ0v) is 21.3. The summed E-state index contributed by atoms with van der Waals surface area (Å²) in [5.41, 5.74) is 4.30. The van der Waals surface area contributed by atoms with Crippen LogP contribution in [0.15, 0.2) is 59.4 Å². The molecule has 0 bridgehead atoms. The molecule has 1 aliphatic rings. The molecule has 8 heteroatoms. The van der Waals surface area contributed by atoms with E-state index in [-0.39, 0.29) is 24.7 Å². The number of amides is 1. The summed E-state index contributed by atoms with van der Waals surface area (Å²) in [5, 5.41) is 14.5. The molecule has 2 aromatic heterocycles. The fourth-order valence-corrected chi connectivity index (χ4v) is 4.44. The molecule has 37 heavy (non-hydrogen) atoms. The lowest BCUT2D eigenvalue weighted by molar-refractivity contribution is -0.117. The Morgan fingerprint density at radius 2 is 1.92 bits per heavy atom. The first kappa shape index (κ1) is 24.6. The van der Waals surface area contributed by atoms with E-state index < -0.39 is 5.60 Å². The summed E-state index contributed by atoms with van der Waals surface area (Å²) in [5.74, 6) is 0.633. The summed E-state index contributed by atoms with van der Waals surface area (Å²) in [6.45, 7) is 7.55. The Morgan fingerprint density at radius 3 is 2.62 bits per heavy atom. The lowest BCUT2D eigenvalue weighted by atomic mass is 10.0. The van der Waals surface area contributed by atoms with Gasteiger partial charge in [0.2, 0.25) is 11.8 Å². The average molecular weight is 501 g/mol. The van der Waals surface area contributed by atoms with E-state index in [0.717, 1.165) is 16.7 Å². The summed E-state index contributed by atoms with van der Waals surface area (Å²) in [7, 11) is 0. The van der Waals surface area contributed by atoms with E-state index in [1.54, 1.807) is 48.8 Å². The predicted octanol–water partition coefficient (Wildman–Crippen LogP) is 5.54. The summed E-state index contributed by atoms with van der Waals surface area (Å²) in [6.07, 6.45) is 7.27. The smallest absolute Gasteiger partial charge is 0.231 e. The second kappa shape index (κ2) is 9.44. The first-order valence-corrected chi connectivity index (χ1v) is 12.1. The van der Waals surface area contributed by atoms with Crippen LogP contribution in [0.25, 0.3) is 22.8 Å². The molecule has 0 radical (unpaired) electrons. The summed E-state index contributed by atoms with van der Waals surface area (Å²) < 4.78 is 21.8. The zero-order chi connectivity index (χ0) is 26.3. The number of carbonyl (C=O) groups excluding carboxylic acids is 1. The van der Waals surface area contributed by atoms with E-state index >= 15 is 0 Å². The highest BCUT2D eigenvalue weighted by atomic mass is 19.1. The van der Waals surface area contributed by atoms with Crippen molar-refractivity contribution in [2.24, 2.45) is 0 Å². The molecule has 1 aliphatic heterocycles. The maximum atomic E-state index is 14.3. The first-order valence-electron chi connectivity index (χ1n) is 12.1. The van der Waals surface area contributed by atoms with E-state index in [4.69, 9.17) is 4.42 Å². The molecule has 2 aromatic carbocycles. The molecule has 7 nitrogen and oxygen atoms in total. The third-order valence-electron chi connectivity index (χ3n) is 6.28. The van der Waals surface area contributed by atoms with Gasteiger partial charge in [-0.2, -0.15) is 5.10 Å². The Morgan fingerprint density at radius 1 is 1.11 bits per heavy atom. The highest BCUT2D eigenvalue weighted by Crippen LogP contribution is 2.36. The number of nitrogens with zero attached hydrogens (tertiary/aromatic N) is 4. The monoisotopic (exact) mass is 500 g/mol. The molecule has 0 atom stereocenters. The standard InChI is InChI=1S/C29H29FN4O3/c1-18-5-6-20(9-25(18)30)15-34-26-11-21(24-14-32-33(16-24)17-29(3,4)36)7-8-22(26)10-23(12-27(34)35)28-31-13-19(2)37-28/h5-11,13-14,16,36H,12,15,17H2,1-4H3. The van der Waals surface area contributed by atoms with E-state index in [1.165, 1.54) is 6.07 Å². The van der Waals surface area contributed by atoms with Crippen molar-refractivity contribution in [2.45, 2.75) is 52.8 Å². The van der Waals surface area contributed by atoms with Crippen molar-refractivity contribution in [3.63, 3.8) is 0 Å². The van der Waals surface area contributed by atoms with Crippen molar-refractivity contribution < 1.29 is 18.7 Å². The van der Waals surface area contributed by atoms with Crippen molar-refractivity contribution in [1.29, 1.82) is 0 Å². The number of rotatable bonds is 6. The van der Waals surface area contributed by atoms with Gasteiger partial charge in [0.05, 0.1) is 43.2 Å². The lowest BCUT2D eigenvalue weighted by Gasteiger charge is -2.24. The van der Waals surface area contributed by atoms with E-state index in [2.05, 4.69) is 10.1 Å². The van der Waals surface area contributed by atoms with Crippen LogP contribution in [0.2, 0.25) is 0 Å². The SMILES string of the molecule is Cc1cnc(C2=Cc3ccc(-c4cnn(CC(C)(C)O)c4)cc3N(Cc3ccc(C)c(F)c3)C(=O)C2)o1. The number of oxazole rings is 1. The summed E-state index contributed by atoms with van der Waals surface area (Å²) in [6, 6.07) is 10.9. The third-order valence-corrected chi connectivity index (χ3v) is 6.28. The van der Waals surface area contributed by atoms with Crippen molar-refractivity contribution in [1.82, 2.24) is 14.8 Å². The number of halogens is 1. The van der Waals surface area contributed by atoms with Gasteiger partial charge >= 0.3 is 0 Å². The maximum absolute atomic E-state index is 14.3. The van der Waals surface area contributed by atoms with Crippen LogP contribution in [-0.2, 0) is 17.9 Å². The van der Waals surface area contributed by atoms with Gasteiger partial charge in [-0.1, -0.05) is 24.3 Å². The van der Waals surface area contributed by atoms with Gasteiger partial charge in [-0.05, 0) is 68.2 Å². The number of anilines is 1. The predicted molar refractivity (Wildman–Crippen MR) is 140 cm³/mol. The van der Waals surface area contributed by atoms with Gasteiger partial charge in [0.1, 0.15) is 11.6 Å². The molecule has 0 saturated heterocycles. The second-order valence-electron chi connectivity index (χ2n) is 10.2. The van der Waals surface area contributed by atoms with Crippen molar-refractivity contribution in [2.75, 3.05) is 4.90 Å². The Balaban J connectivity index is 1.57. The second-order valence-corrected chi connectivity index (χ2v) is 10.2. The van der Waals surface area contributed by atoms with Gasteiger partial charge in [0, 0.05) is 17.3 Å². The van der Waals surface area contributed by atoms with Crippen molar-refractivity contribution in [3.05, 3.63) is 89.1 Å². The molecule has 5 rings (SSSR count). The molecule has 4 aromatic rings. The van der Waals surface area contributed by atoms with Gasteiger partial charge < -0.3 is 14.4 Å². The molecule has 1 N–H and O–H groups in total. The van der Waals surface area contributed by atoms with Gasteiger partial charge in [-0.15, -0.1) is 0 Å². The molecule has 0 fully saturated rings. The number of hydrogen-bond donors (Lipinski definition) is 1. The number of hydrogen-bond acceptors (Lipinski definition) is 5. The molecule has 3 heterocycles. The Bertz CT molecular complexity index is 1510. The quantitative estimate of drug-likeness (QED) is 0.376. The molecule has 0 aliphatic carbocycles. The van der Waals surface area contributed by atoms with Gasteiger partial charge in [0.25, 0.3) is 0 Å². The van der Waals surface area contributed by atoms with Crippen molar-refractivity contribution >= 4 is 23.2 Å². The third kappa shape index (κ3) is 5.39. The van der Waals surface area contributed by atoms with Gasteiger partial charge in [-0.25, -0.2) is 9.37 Å². The van der Waals surface area contributed by atoms with Crippen LogP contribution in [0.3, 0.4) is 0 Å². The Hall–Kier alpha value is -4.04. The largest absolute Gasteiger partial charge is 0.442 e. The molecule has 0 spiro atoms. The van der Waals surface area contributed by atoms with Gasteiger partial charge in [0.15, 0.2) is 0 Å². The number of aryl methyl sites for hydroxylation is 2. The van der Waals surface area contributed by atoms with Gasteiger partial charge in [-0.3, -0.25) is 9.48 Å². The average Bonchev–Trinajstić information content (AvgIpc) is 3.44. The highest BCUT2D eigenvalue weighted by Gasteiger charge is 2.27. The minimum Gasteiger partial charge on any atom is -0.442 e. The van der Waals surface area contributed by atoms with Crippen LogP contribution in [-0.4, -0.2) is 31.4 Å². The topological polar surface area (TPSA) is 84.4 Å². The summed E-state index contributed by atoms with van der Waals surface area (Å²) in [4.78, 5) is 19.6. The number of aromatic nitrogens is 3. The van der Waals surface area contributed by atoms with E-state index in [1.807, 2.05) is 43.5 Å². The van der Waals surface area contributed by atoms with Crippen LogP contribution >= 0.6 is 0 Å². The molecule has 0 saturated carbocycles. The minimum atomic E-state index is -0.900. The fourth-order valence-electron chi connectivity index (χ4n) is 4.44. The number of carbonyl (C=O) groups is 1. The molecular weight excluding hydrogens is 471 g/mol. The number of benzene rings is 2. The fraction of sp³-hybridized carbons (Fsp3) is 0.276. The molecule has 1 amide bonds. The zero-order valence-electron chi connectivity index (χ0n) is 21.3. The Labute approximate surface area is 214 Å². The maximum Gasteiger partial charge on any atom is 0.231 e. The molecular formula is C29H29FN4O3. The minimum absolute atomic E-state index is 0.0990. The van der Waals surface area contributed by atoms with Crippen LogP contribution < -0.4 is 4.90 Å². The van der Waals surface area contributed by atoms with Crippen LogP contribution in [0.4, 0.5) is 10.1 Å². The number of aliphatic hydroxyl groups is 1. The van der Waals surface area contributed by atoms with Crippen LogP contribution in [0, 0.1) is 19.7 Å². The Kier molecular flexibility index (Phi) is 6.29. The lowest BCUT2D eigenvalue weighted by Crippen LogP contribution is -2.30. The first-order chi connectivity index (χ1) is 17.6. The van der Waals surface area contributed by atoms with Crippen LogP contribution in [0.1, 0.15) is 48.6 Å². The molecule has 0 unspecified atom stereocenters. The van der Waals surface area contributed by atoms with Crippen molar-refractivity contribution in [3.8, 4) is 11.1 Å². The molecule has 190 valence electrons. The summed E-state index contributed by atoms with van der Waals surface area (Å²) >= 11 is 0. The van der Waals surface area contributed by atoms with Crippen LogP contribution in [0.5, 0.6) is 0 Å². The van der Waals surface area contributed by atoms with E-state index in [0.29, 0.717) is 40.6 Å². The normalized spacial score (nSPS) is 13.9. The number of fused-ring (bicyclic) bond motifs is 1. The van der Waals surface area contributed by atoms with E-state index in [9.17, 15) is 14.3 Å². The highest BCUT2D eigenvalue weighted by molar-refractivity contribution is 6.06.